The van der Waals surface area contributed by atoms with Crippen LogP contribution in [0.25, 0.3) is 0 Å². The summed E-state index contributed by atoms with van der Waals surface area (Å²) >= 11 is 0. The zero-order valence-electron chi connectivity index (χ0n) is 12.4. The number of likely N-dealkylation sites (tertiary alicyclic amines) is 1. The van der Waals surface area contributed by atoms with Crippen LogP contribution in [0, 0.1) is 0 Å². The second-order valence-electron chi connectivity index (χ2n) is 5.20. The maximum absolute atomic E-state index is 12.0. The number of carboxylic acid groups (broad SMARTS) is 1. The lowest BCUT2D eigenvalue weighted by Crippen LogP contribution is -2.50. The second kappa shape index (κ2) is 7.28. The Bertz CT molecular complexity index is 584. The van der Waals surface area contributed by atoms with Crippen molar-refractivity contribution in [3.05, 3.63) is 24.3 Å². The average Bonchev–Trinajstić information content (AvgIpc) is 2.48. The molecule has 2 rings (SSSR count). The smallest absolute Gasteiger partial charge is 0.530 e. The number of piperidine rings is 1. The summed E-state index contributed by atoms with van der Waals surface area (Å²) in [6, 6.07) is 4.02. The Morgan fingerprint density at radius 3 is 2.25 bits per heavy atom. The van der Waals surface area contributed by atoms with Crippen LogP contribution in [-0.2, 0) is 0 Å². The Morgan fingerprint density at radius 1 is 1.17 bits per heavy atom. The summed E-state index contributed by atoms with van der Waals surface area (Å²) in [7, 11) is 0. The topological polar surface area (TPSA) is 93.7 Å². The van der Waals surface area contributed by atoms with Crippen LogP contribution in [0.1, 0.15) is 12.8 Å². The molecule has 1 heterocycles. The van der Waals surface area contributed by atoms with Gasteiger partial charge in [-0.2, -0.15) is 0 Å². The predicted octanol–water partition coefficient (Wildman–Crippen LogP) is 1.51. The molecule has 0 spiro atoms. The minimum Gasteiger partial charge on any atom is -0.530 e. The summed E-state index contributed by atoms with van der Waals surface area (Å²) in [5, 5.41) is 15.8. The maximum Gasteiger partial charge on any atom is 0.573 e. The molecule has 1 saturated heterocycles. The number of hydrogen-bond acceptors (Lipinski definition) is 4. The number of nitrogens with one attached hydrogen (secondary N) is 2. The fourth-order valence-electron chi connectivity index (χ4n) is 2.30. The van der Waals surface area contributed by atoms with Crippen LogP contribution in [0.15, 0.2) is 24.3 Å². The first-order chi connectivity index (χ1) is 11.2. The number of carbonyl (C=O) groups is 2. The Kier molecular flexibility index (Phi) is 5.37. The normalized spacial score (nSPS) is 15.7. The van der Waals surface area contributed by atoms with Gasteiger partial charge < -0.3 is 30.2 Å². The number of benzene rings is 1. The van der Waals surface area contributed by atoms with Crippen LogP contribution in [-0.4, -0.2) is 42.5 Å². The highest BCUT2D eigenvalue weighted by Crippen LogP contribution is 2.23. The van der Waals surface area contributed by atoms with Gasteiger partial charge in [0.15, 0.2) is 0 Å². The van der Waals surface area contributed by atoms with Crippen molar-refractivity contribution in [1.29, 1.82) is 0 Å². The molecule has 0 aliphatic carbocycles. The summed E-state index contributed by atoms with van der Waals surface area (Å²) in [5.74, 6) is -0.386. The van der Waals surface area contributed by atoms with Gasteiger partial charge in [0.05, 0.1) is 0 Å². The van der Waals surface area contributed by atoms with E-state index in [-0.39, 0.29) is 24.9 Å². The van der Waals surface area contributed by atoms with Crippen LogP contribution in [0.2, 0.25) is 0 Å². The zero-order valence-corrected chi connectivity index (χ0v) is 12.4. The van der Waals surface area contributed by atoms with Gasteiger partial charge in [-0.25, -0.2) is 4.79 Å². The van der Waals surface area contributed by atoms with E-state index in [4.69, 9.17) is 0 Å². The summed E-state index contributed by atoms with van der Waals surface area (Å²) < 4.78 is 39.9. The molecule has 1 fully saturated rings. The van der Waals surface area contributed by atoms with Gasteiger partial charge in [0.25, 0.3) is 0 Å². The molecule has 1 aliphatic heterocycles. The van der Waals surface area contributed by atoms with Gasteiger partial charge in [-0.3, -0.25) is 0 Å². The molecule has 10 heteroatoms. The van der Waals surface area contributed by atoms with Crippen molar-refractivity contribution in [2.24, 2.45) is 0 Å². The summed E-state index contributed by atoms with van der Waals surface area (Å²) in [4.78, 5) is 23.7. The van der Waals surface area contributed by atoms with Crippen LogP contribution < -0.4 is 20.5 Å². The molecule has 24 heavy (non-hydrogen) atoms. The molecule has 1 aromatic carbocycles. The number of ether oxygens (including phenoxy) is 1. The fourth-order valence-corrected chi connectivity index (χ4v) is 2.30. The monoisotopic (exact) mass is 346 g/mol. The molecular formula is C14H15F3N3O4-. The third kappa shape index (κ3) is 5.52. The Hall–Kier alpha value is -2.65. The Balaban J connectivity index is 1.79. The Labute approximate surface area is 135 Å². The lowest BCUT2D eigenvalue weighted by molar-refractivity contribution is -0.274. The number of carbonyl (C=O) groups excluding carboxylic acids is 2. The van der Waals surface area contributed by atoms with Crippen molar-refractivity contribution in [1.82, 2.24) is 10.2 Å². The zero-order chi connectivity index (χ0) is 17.7. The highest BCUT2D eigenvalue weighted by molar-refractivity contribution is 5.89. The Morgan fingerprint density at radius 2 is 1.75 bits per heavy atom. The van der Waals surface area contributed by atoms with Crippen molar-refractivity contribution in [2.75, 3.05) is 18.4 Å². The van der Waals surface area contributed by atoms with E-state index in [1.54, 1.807) is 0 Å². The summed E-state index contributed by atoms with van der Waals surface area (Å²) in [5.41, 5.74) is 0.300. The van der Waals surface area contributed by atoms with Gasteiger partial charge in [-0.1, -0.05) is 0 Å². The standard InChI is InChI=1S/C14H16F3N3O4/c15-14(16,17)24-11-3-1-9(2-4-11)18-12(21)19-10-5-7-20(8-6-10)13(22)23/h1-4,10H,5-8H2,(H,22,23)(H2,18,19,21)/p-1. The molecule has 2 N–H and O–H groups in total. The molecule has 0 unspecified atom stereocenters. The number of anilines is 1. The van der Waals surface area contributed by atoms with E-state index in [0.717, 1.165) is 17.0 Å². The SMILES string of the molecule is O=C(Nc1ccc(OC(F)(F)F)cc1)NC1CCN(C(=O)[O-])CC1. The largest absolute Gasteiger partial charge is 0.573 e. The van der Waals surface area contributed by atoms with Crippen LogP contribution in [0.4, 0.5) is 28.4 Å². The summed E-state index contributed by atoms with van der Waals surface area (Å²) in [6.07, 6.45) is -5.09. The molecular weight excluding hydrogens is 331 g/mol. The first-order valence-corrected chi connectivity index (χ1v) is 7.12. The number of urea groups is 1. The quantitative estimate of drug-likeness (QED) is 0.868. The minimum atomic E-state index is -4.77. The molecule has 1 aliphatic rings. The molecule has 7 nitrogen and oxygen atoms in total. The lowest BCUT2D eigenvalue weighted by Gasteiger charge is -2.33. The van der Waals surface area contributed by atoms with Gasteiger partial charge in [0.1, 0.15) is 11.8 Å². The highest BCUT2D eigenvalue weighted by atomic mass is 19.4. The van der Waals surface area contributed by atoms with Crippen molar-refractivity contribution < 1.29 is 32.6 Å². The van der Waals surface area contributed by atoms with E-state index in [1.807, 2.05) is 0 Å². The number of amides is 3. The molecule has 0 radical (unpaired) electrons. The van der Waals surface area contributed by atoms with Crippen molar-refractivity contribution in [3.63, 3.8) is 0 Å². The number of nitrogens with zero attached hydrogens (tertiary/aromatic N) is 1. The third-order valence-electron chi connectivity index (χ3n) is 3.43. The molecule has 0 atom stereocenters. The lowest BCUT2D eigenvalue weighted by atomic mass is 10.1. The van der Waals surface area contributed by atoms with E-state index in [9.17, 15) is 27.9 Å². The van der Waals surface area contributed by atoms with Crippen LogP contribution >= 0.6 is 0 Å². The van der Waals surface area contributed by atoms with Gasteiger partial charge in [0.2, 0.25) is 0 Å². The molecule has 132 valence electrons. The van der Waals surface area contributed by atoms with Crippen LogP contribution in [0.3, 0.4) is 0 Å². The number of hydrogen-bond donors (Lipinski definition) is 2. The molecule has 0 saturated carbocycles. The molecule has 0 bridgehead atoms. The first-order valence-electron chi connectivity index (χ1n) is 7.12. The number of alkyl halides is 3. The van der Waals surface area contributed by atoms with Crippen molar-refractivity contribution in [3.8, 4) is 5.75 Å². The van der Waals surface area contributed by atoms with Gasteiger partial charge in [-0.15, -0.1) is 13.2 Å². The van der Waals surface area contributed by atoms with E-state index < -0.39 is 18.5 Å². The van der Waals surface area contributed by atoms with E-state index >= 15 is 0 Å². The summed E-state index contributed by atoms with van der Waals surface area (Å²) in [6.45, 7) is 0.549. The average molecular weight is 346 g/mol. The fraction of sp³-hybridized carbons (Fsp3) is 0.429. The van der Waals surface area contributed by atoms with E-state index in [1.165, 1.54) is 12.1 Å². The van der Waals surface area contributed by atoms with Gasteiger partial charge in [-0.05, 0) is 37.1 Å². The van der Waals surface area contributed by atoms with Gasteiger partial charge in [0, 0.05) is 24.8 Å². The first kappa shape index (κ1) is 17.7. The van der Waals surface area contributed by atoms with Crippen LogP contribution in [0.5, 0.6) is 5.75 Å². The van der Waals surface area contributed by atoms with E-state index in [0.29, 0.717) is 18.5 Å². The van der Waals surface area contributed by atoms with Crippen molar-refractivity contribution in [2.45, 2.75) is 25.2 Å². The van der Waals surface area contributed by atoms with Crippen molar-refractivity contribution >= 4 is 17.8 Å². The number of rotatable bonds is 3. The molecule has 0 aromatic heterocycles. The minimum absolute atomic E-state index is 0.187. The highest BCUT2D eigenvalue weighted by Gasteiger charge is 2.31. The predicted molar refractivity (Wildman–Crippen MR) is 75.3 cm³/mol. The molecule has 3 amide bonds. The number of halogens is 3. The molecule has 1 aromatic rings. The van der Waals surface area contributed by atoms with E-state index in [2.05, 4.69) is 15.4 Å². The second-order valence-corrected chi connectivity index (χ2v) is 5.20. The third-order valence-corrected chi connectivity index (χ3v) is 3.43. The maximum atomic E-state index is 12.0. The van der Waals surface area contributed by atoms with Gasteiger partial charge >= 0.3 is 12.4 Å².